The molecule has 18 heavy (non-hydrogen) atoms. The zero-order valence-corrected chi connectivity index (χ0v) is 12.8. The summed E-state index contributed by atoms with van der Waals surface area (Å²) in [5.41, 5.74) is 2.96. The molecule has 6 heteroatoms. The van der Waals surface area contributed by atoms with E-state index in [9.17, 15) is 8.42 Å². The van der Waals surface area contributed by atoms with E-state index in [2.05, 4.69) is 21.1 Å². The zero-order chi connectivity index (χ0) is 13.4. The monoisotopic (exact) mass is 331 g/mol. The first kappa shape index (κ1) is 13.5. The van der Waals surface area contributed by atoms with Crippen molar-refractivity contribution in [3.63, 3.8) is 0 Å². The Hall–Kier alpha value is -0.880. The average Bonchev–Trinajstić information content (AvgIpc) is 2.70. The van der Waals surface area contributed by atoms with E-state index in [0.717, 1.165) is 27.8 Å². The number of oxime groups is 1. The van der Waals surface area contributed by atoms with E-state index in [0.29, 0.717) is 4.86 Å². The van der Waals surface area contributed by atoms with Crippen molar-refractivity contribution >= 4 is 36.8 Å². The summed E-state index contributed by atoms with van der Waals surface area (Å²) in [6.45, 7) is 5.76. The van der Waals surface area contributed by atoms with Gasteiger partial charge >= 0.3 is 0 Å². The highest BCUT2D eigenvalue weighted by atomic mass is 79.9. The predicted molar refractivity (Wildman–Crippen MR) is 75.4 cm³/mol. The number of hydrogen-bond acceptors (Lipinski definition) is 4. The van der Waals surface area contributed by atoms with Gasteiger partial charge in [-0.3, -0.25) is 0 Å². The maximum atomic E-state index is 11.2. The van der Waals surface area contributed by atoms with Crippen molar-refractivity contribution < 1.29 is 13.3 Å². The fourth-order valence-electron chi connectivity index (χ4n) is 2.35. The van der Waals surface area contributed by atoms with E-state index >= 15 is 0 Å². The van der Waals surface area contributed by atoms with Crippen molar-refractivity contribution in [2.24, 2.45) is 11.1 Å². The molecule has 0 aromatic rings. The number of nitrogens with zero attached hydrogens (tertiary/aromatic N) is 1. The molecule has 4 nitrogen and oxygen atoms in total. The minimum atomic E-state index is -2.21. The molecule has 0 bridgehead atoms. The van der Waals surface area contributed by atoms with E-state index in [-0.39, 0.29) is 12.0 Å². The van der Waals surface area contributed by atoms with Gasteiger partial charge in [0.25, 0.3) is 0 Å². The van der Waals surface area contributed by atoms with Crippen molar-refractivity contribution in [2.75, 3.05) is 0 Å². The highest BCUT2D eigenvalue weighted by Gasteiger charge is 2.33. The molecule has 2 unspecified atom stereocenters. The second kappa shape index (κ2) is 5.01. The first-order valence-corrected chi connectivity index (χ1v) is 7.52. The number of allylic oxidation sites excluding steroid dienone is 3. The SMILES string of the molecule is CC1=NOC(C2=C(C)C(Br)=CC(=S(=O)=O)C2C)C1. The Kier molecular flexibility index (Phi) is 3.77. The summed E-state index contributed by atoms with van der Waals surface area (Å²) in [4.78, 5) is 5.77. The van der Waals surface area contributed by atoms with Crippen LogP contribution in [0, 0.1) is 5.92 Å². The van der Waals surface area contributed by atoms with Crippen LogP contribution >= 0.6 is 15.9 Å². The van der Waals surface area contributed by atoms with Crippen LogP contribution in [0.4, 0.5) is 0 Å². The molecule has 0 spiro atoms. The summed E-state index contributed by atoms with van der Waals surface area (Å²) >= 11 is 3.41. The van der Waals surface area contributed by atoms with Gasteiger partial charge in [0, 0.05) is 16.8 Å². The Labute approximate surface area is 116 Å². The van der Waals surface area contributed by atoms with Gasteiger partial charge in [0.15, 0.2) is 6.10 Å². The summed E-state index contributed by atoms with van der Waals surface area (Å²) in [5.74, 6) is -0.171. The van der Waals surface area contributed by atoms with E-state index in [1.54, 1.807) is 6.08 Å². The Morgan fingerprint density at radius 1 is 1.44 bits per heavy atom. The molecule has 0 radical (unpaired) electrons. The van der Waals surface area contributed by atoms with E-state index in [4.69, 9.17) is 4.84 Å². The first-order valence-electron chi connectivity index (χ1n) is 5.65. The quantitative estimate of drug-likeness (QED) is 0.693. The summed E-state index contributed by atoms with van der Waals surface area (Å²) in [6, 6.07) is 0. The third kappa shape index (κ3) is 2.31. The number of hydrogen-bond donors (Lipinski definition) is 0. The molecule has 0 aromatic heterocycles. The van der Waals surface area contributed by atoms with Crippen molar-refractivity contribution in [1.29, 1.82) is 0 Å². The van der Waals surface area contributed by atoms with Crippen molar-refractivity contribution in [3.8, 4) is 0 Å². The van der Waals surface area contributed by atoms with Gasteiger partial charge < -0.3 is 4.84 Å². The lowest BCUT2D eigenvalue weighted by Crippen LogP contribution is -2.26. The molecule has 98 valence electrons. The Morgan fingerprint density at radius 3 is 2.61 bits per heavy atom. The van der Waals surface area contributed by atoms with Gasteiger partial charge in [-0.25, -0.2) is 0 Å². The van der Waals surface area contributed by atoms with Crippen LogP contribution in [0.25, 0.3) is 0 Å². The first-order chi connectivity index (χ1) is 8.41. The molecule has 0 saturated heterocycles. The third-order valence-electron chi connectivity index (χ3n) is 3.31. The molecule has 2 atom stereocenters. The molecular weight excluding hydrogens is 318 g/mol. The smallest absolute Gasteiger partial charge is 0.217 e. The molecule has 0 aromatic carbocycles. The van der Waals surface area contributed by atoms with Gasteiger partial charge in [-0.1, -0.05) is 28.0 Å². The fourth-order valence-corrected chi connectivity index (χ4v) is 3.61. The van der Waals surface area contributed by atoms with Crippen LogP contribution in [-0.2, 0) is 15.1 Å². The Morgan fingerprint density at radius 2 is 2.11 bits per heavy atom. The lowest BCUT2D eigenvalue weighted by molar-refractivity contribution is 0.106. The highest BCUT2D eigenvalue weighted by Crippen LogP contribution is 2.36. The van der Waals surface area contributed by atoms with Gasteiger partial charge in [-0.15, -0.1) is 0 Å². The van der Waals surface area contributed by atoms with Crippen molar-refractivity contribution in [3.05, 3.63) is 21.7 Å². The molecule has 0 amide bonds. The van der Waals surface area contributed by atoms with Gasteiger partial charge in [0.05, 0.1) is 10.6 Å². The lowest BCUT2D eigenvalue weighted by atomic mass is 9.84. The van der Waals surface area contributed by atoms with Gasteiger partial charge in [-0.2, -0.15) is 8.42 Å². The zero-order valence-electron chi connectivity index (χ0n) is 10.4. The highest BCUT2D eigenvalue weighted by molar-refractivity contribution is 9.12. The van der Waals surface area contributed by atoms with Crippen LogP contribution < -0.4 is 0 Å². The largest absolute Gasteiger partial charge is 0.388 e. The molecule has 0 saturated carbocycles. The summed E-state index contributed by atoms with van der Waals surface area (Å²) in [6.07, 6.45) is 2.23. The van der Waals surface area contributed by atoms with E-state index < -0.39 is 10.3 Å². The fraction of sp³-hybridized carbons (Fsp3) is 0.500. The second-order valence-corrected chi connectivity index (χ2v) is 6.35. The predicted octanol–water partition coefficient (Wildman–Crippen LogP) is 2.45. The second-order valence-electron chi connectivity index (χ2n) is 4.56. The standard InChI is InChI=1S/C12H14BrNO3S/c1-6-4-10(17-14-6)12-7(2)9(13)5-11(8(12)3)18(15)16/h5,8,10H,4H2,1-3H3. The summed E-state index contributed by atoms with van der Waals surface area (Å²) < 4.78 is 23.3. The molecule has 2 rings (SSSR count). The number of rotatable bonds is 1. The van der Waals surface area contributed by atoms with E-state index in [1.807, 2.05) is 20.8 Å². The normalized spacial score (nSPS) is 27.9. The lowest BCUT2D eigenvalue weighted by Gasteiger charge is -2.26. The summed E-state index contributed by atoms with van der Waals surface area (Å²) in [5, 5.41) is 3.94. The maximum absolute atomic E-state index is 11.2. The minimum absolute atomic E-state index is 0.153. The van der Waals surface area contributed by atoms with Crippen molar-refractivity contribution in [2.45, 2.75) is 33.3 Å². The molecule has 1 aliphatic carbocycles. The third-order valence-corrected chi connectivity index (χ3v) is 4.99. The van der Waals surface area contributed by atoms with Gasteiger partial charge in [-0.05, 0) is 31.1 Å². The Bertz CT molecular complexity index is 605. The van der Waals surface area contributed by atoms with Gasteiger partial charge in [0.2, 0.25) is 10.3 Å². The molecule has 2 aliphatic rings. The topological polar surface area (TPSA) is 55.7 Å². The van der Waals surface area contributed by atoms with Crippen LogP contribution in [0.3, 0.4) is 0 Å². The molecule has 0 fully saturated rings. The van der Waals surface area contributed by atoms with E-state index in [1.165, 1.54) is 0 Å². The molecule has 1 heterocycles. The minimum Gasteiger partial charge on any atom is -0.388 e. The van der Waals surface area contributed by atoms with Crippen LogP contribution in [-0.4, -0.2) is 25.1 Å². The van der Waals surface area contributed by atoms with Crippen LogP contribution in [0.15, 0.2) is 26.9 Å². The van der Waals surface area contributed by atoms with Crippen molar-refractivity contribution in [1.82, 2.24) is 0 Å². The average molecular weight is 332 g/mol. The molecular formula is C12H14BrNO3S. The van der Waals surface area contributed by atoms with Crippen LogP contribution in [0.5, 0.6) is 0 Å². The van der Waals surface area contributed by atoms with Gasteiger partial charge in [0.1, 0.15) is 0 Å². The summed E-state index contributed by atoms with van der Waals surface area (Å²) in [7, 11) is -2.21. The molecule has 0 N–H and O–H groups in total. The Balaban J connectivity index is 2.48. The van der Waals surface area contributed by atoms with Crippen LogP contribution in [0.2, 0.25) is 0 Å². The molecule has 1 aliphatic heterocycles. The number of halogens is 1. The maximum Gasteiger partial charge on any atom is 0.217 e. The van der Waals surface area contributed by atoms with Crippen LogP contribution in [0.1, 0.15) is 27.2 Å².